The third-order valence-electron chi connectivity index (χ3n) is 5.88. The Bertz CT molecular complexity index is 803. The van der Waals surface area contributed by atoms with Crippen LogP contribution in [0.25, 0.3) is 0 Å². The molecule has 2 fully saturated rings. The topological polar surface area (TPSA) is 44.5 Å². The van der Waals surface area contributed by atoms with E-state index in [0.29, 0.717) is 19.1 Å². The minimum absolute atomic E-state index is 0.0841. The molecule has 0 aromatic heterocycles. The van der Waals surface area contributed by atoms with Gasteiger partial charge in [-0.3, -0.25) is 0 Å². The van der Waals surface area contributed by atoms with E-state index in [-0.39, 0.29) is 23.7 Å². The molecule has 2 aromatic rings. The zero-order valence-electron chi connectivity index (χ0n) is 16.7. The number of fused-ring (bicyclic) bond motifs is 1. The molecule has 0 radical (unpaired) electrons. The second kappa shape index (κ2) is 8.06. The van der Waals surface area contributed by atoms with Gasteiger partial charge >= 0.3 is 0 Å². The van der Waals surface area contributed by atoms with Crippen molar-refractivity contribution in [2.24, 2.45) is 11.3 Å². The van der Waals surface area contributed by atoms with Crippen LogP contribution in [0.2, 0.25) is 0 Å². The first-order valence-electron chi connectivity index (χ1n) is 10.1. The summed E-state index contributed by atoms with van der Waals surface area (Å²) in [5.74, 6) is 0.338. The summed E-state index contributed by atoms with van der Waals surface area (Å²) in [5, 5.41) is 12.6. The fourth-order valence-corrected chi connectivity index (χ4v) is 4.63. The lowest BCUT2D eigenvalue weighted by Crippen LogP contribution is -2.33. The standard InChI is InChI=1S/C24H29NO3/c1-24(2)13-20-21(14-24)28-22(16-25(26)15-18-9-5-3-6-10-18)23(20)27-17-19-11-7-4-8-12-19/h3-12,16,20-23H,13-15,17H2,1-2H3/b25-16-. The van der Waals surface area contributed by atoms with Crippen LogP contribution >= 0.6 is 0 Å². The summed E-state index contributed by atoms with van der Waals surface area (Å²) >= 11 is 0. The van der Waals surface area contributed by atoms with Crippen molar-refractivity contribution >= 4 is 6.21 Å². The van der Waals surface area contributed by atoms with Gasteiger partial charge in [0, 0.05) is 11.5 Å². The highest BCUT2D eigenvalue weighted by Gasteiger charge is 2.53. The van der Waals surface area contributed by atoms with Crippen LogP contribution in [-0.2, 0) is 22.6 Å². The maximum Gasteiger partial charge on any atom is 0.182 e. The fraction of sp³-hybridized carbons (Fsp3) is 0.458. The van der Waals surface area contributed by atoms with E-state index >= 15 is 0 Å². The Labute approximate surface area is 167 Å². The molecule has 1 heterocycles. The lowest BCUT2D eigenvalue weighted by molar-refractivity contribution is -0.473. The molecule has 4 nitrogen and oxygen atoms in total. The highest BCUT2D eigenvalue weighted by Crippen LogP contribution is 2.49. The molecule has 0 bridgehead atoms. The molecule has 2 aliphatic rings. The van der Waals surface area contributed by atoms with Crippen molar-refractivity contribution in [3.8, 4) is 0 Å². The number of ether oxygens (including phenoxy) is 2. The van der Waals surface area contributed by atoms with Gasteiger partial charge in [-0.25, -0.2) is 4.74 Å². The van der Waals surface area contributed by atoms with E-state index in [9.17, 15) is 5.21 Å². The Morgan fingerprint density at radius 2 is 1.68 bits per heavy atom. The normalized spacial score (nSPS) is 29.0. The van der Waals surface area contributed by atoms with Crippen molar-refractivity contribution in [1.29, 1.82) is 0 Å². The van der Waals surface area contributed by atoms with Crippen LogP contribution in [0.15, 0.2) is 60.7 Å². The highest BCUT2D eigenvalue weighted by atomic mass is 16.6. The van der Waals surface area contributed by atoms with Crippen molar-refractivity contribution < 1.29 is 14.2 Å². The average molecular weight is 380 g/mol. The first-order valence-corrected chi connectivity index (χ1v) is 10.1. The maximum atomic E-state index is 12.6. The number of benzene rings is 2. The van der Waals surface area contributed by atoms with Gasteiger partial charge in [-0.1, -0.05) is 74.5 Å². The van der Waals surface area contributed by atoms with Crippen molar-refractivity contribution in [3.63, 3.8) is 0 Å². The summed E-state index contributed by atoms with van der Waals surface area (Å²) in [4.78, 5) is 0. The molecular weight excluding hydrogens is 350 g/mol. The van der Waals surface area contributed by atoms with Crippen molar-refractivity contribution in [2.45, 2.75) is 58.2 Å². The molecule has 148 valence electrons. The van der Waals surface area contributed by atoms with Gasteiger partial charge in [-0.15, -0.1) is 0 Å². The smallest absolute Gasteiger partial charge is 0.182 e. The first kappa shape index (κ1) is 19.2. The Morgan fingerprint density at radius 1 is 1.04 bits per heavy atom. The Morgan fingerprint density at radius 3 is 2.36 bits per heavy atom. The molecule has 4 rings (SSSR count). The molecule has 1 saturated heterocycles. The molecule has 0 spiro atoms. The van der Waals surface area contributed by atoms with Crippen LogP contribution in [0, 0.1) is 16.5 Å². The van der Waals surface area contributed by atoms with E-state index < -0.39 is 0 Å². The largest absolute Gasteiger partial charge is 0.624 e. The van der Waals surface area contributed by atoms with Gasteiger partial charge in [-0.05, 0) is 23.8 Å². The highest BCUT2D eigenvalue weighted by molar-refractivity contribution is 5.60. The van der Waals surface area contributed by atoms with Gasteiger partial charge in [0.15, 0.2) is 18.9 Å². The Kier molecular flexibility index (Phi) is 5.51. The summed E-state index contributed by atoms with van der Waals surface area (Å²) < 4.78 is 13.6. The van der Waals surface area contributed by atoms with Crippen LogP contribution in [-0.4, -0.2) is 29.3 Å². The summed E-state index contributed by atoms with van der Waals surface area (Å²) in [6.45, 7) is 5.45. The van der Waals surface area contributed by atoms with Crippen molar-refractivity contribution in [1.82, 2.24) is 0 Å². The summed E-state index contributed by atoms with van der Waals surface area (Å²) in [6.07, 6.45) is 3.55. The predicted molar refractivity (Wildman–Crippen MR) is 110 cm³/mol. The molecule has 2 aromatic carbocycles. The first-order chi connectivity index (χ1) is 13.5. The predicted octanol–water partition coefficient (Wildman–Crippen LogP) is 4.56. The molecule has 28 heavy (non-hydrogen) atoms. The summed E-state index contributed by atoms with van der Waals surface area (Å²) in [7, 11) is 0. The number of hydroxylamine groups is 1. The summed E-state index contributed by atoms with van der Waals surface area (Å²) in [5.41, 5.74) is 2.40. The quantitative estimate of drug-likeness (QED) is 0.320. The van der Waals surface area contributed by atoms with Crippen LogP contribution in [0.4, 0.5) is 0 Å². The van der Waals surface area contributed by atoms with Crippen LogP contribution in [0.5, 0.6) is 0 Å². The van der Waals surface area contributed by atoms with Crippen LogP contribution in [0.1, 0.15) is 37.8 Å². The molecule has 1 aliphatic heterocycles. The Hall–Kier alpha value is -2.17. The summed E-state index contributed by atoms with van der Waals surface area (Å²) in [6, 6.07) is 20.0. The minimum atomic E-state index is -0.295. The van der Waals surface area contributed by atoms with Gasteiger partial charge in [0.1, 0.15) is 0 Å². The van der Waals surface area contributed by atoms with Crippen LogP contribution in [0.3, 0.4) is 0 Å². The van der Waals surface area contributed by atoms with Crippen molar-refractivity contribution in [2.75, 3.05) is 0 Å². The zero-order chi connectivity index (χ0) is 19.6. The molecule has 1 saturated carbocycles. The van der Waals surface area contributed by atoms with Gasteiger partial charge in [-0.2, -0.15) is 0 Å². The van der Waals surface area contributed by atoms with E-state index in [0.717, 1.165) is 28.7 Å². The lowest BCUT2D eigenvalue weighted by atomic mass is 9.88. The zero-order valence-corrected chi connectivity index (χ0v) is 16.7. The molecule has 0 N–H and O–H groups in total. The fourth-order valence-electron chi connectivity index (χ4n) is 4.63. The number of rotatable bonds is 6. The molecule has 4 heteroatoms. The Balaban J connectivity index is 1.49. The third kappa shape index (κ3) is 4.45. The third-order valence-corrected chi connectivity index (χ3v) is 5.88. The van der Waals surface area contributed by atoms with E-state index in [2.05, 4.69) is 26.0 Å². The van der Waals surface area contributed by atoms with E-state index in [1.165, 1.54) is 0 Å². The molecular formula is C24H29NO3. The second-order valence-corrected chi connectivity index (χ2v) is 8.85. The van der Waals surface area contributed by atoms with Gasteiger partial charge in [0.2, 0.25) is 0 Å². The molecule has 0 amide bonds. The van der Waals surface area contributed by atoms with E-state index in [4.69, 9.17) is 9.47 Å². The molecule has 4 atom stereocenters. The van der Waals surface area contributed by atoms with Crippen LogP contribution < -0.4 is 0 Å². The lowest BCUT2D eigenvalue weighted by Gasteiger charge is -2.24. The monoisotopic (exact) mass is 379 g/mol. The average Bonchev–Trinajstić information content (AvgIpc) is 3.12. The number of hydrogen-bond acceptors (Lipinski definition) is 3. The van der Waals surface area contributed by atoms with Gasteiger partial charge < -0.3 is 14.7 Å². The SMILES string of the molecule is CC1(C)CC2OC(/C=[N+](\[O-])Cc3ccccc3)C(OCc3ccccc3)C2C1. The minimum Gasteiger partial charge on any atom is -0.624 e. The van der Waals surface area contributed by atoms with E-state index in [1.54, 1.807) is 6.21 Å². The number of nitrogens with zero attached hydrogens (tertiary/aromatic N) is 1. The molecule has 4 unspecified atom stereocenters. The van der Waals surface area contributed by atoms with Gasteiger partial charge in [0.05, 0.1) is 18.8 Å². The number of hydrogen-bond donors (Lipinski definition) is 0. The second-order valence-electron chi connectivity index (χ2n) is 8.85. The maximum absolute atomic E-state index is 12.6. The molecule has 1 aliphatic carbocycles. The van der Waals surface area contributed by atoms with E-state index in [1.807, 2.05) is 48.5 Å². The van der Waals surface area contributed by atoms with Gasteiger partial charge in [0.25, 0.3) is 0 Å². The van der Waals surface area contributed by atoms with Crippen molar-refractivity contribution in [3.05, 3.63) is 77.0 Å².